The van der Waals surface area contributed by atoms with Gasteiger partial charge in [0.1, 0.15) is 0 Å². The second kappa shape index (κ2) is 5.98. The summed E-state index contributed by atoms with van der Waals surface area (Å²) < 4.78 is 0. The molecular weight excluding hydrogens is 256 g/mol. The second-order valence-corrected chi connectivity index (χ2v) is 6.70. The molecular formula is C19H24N2. The summed E-state index contributed by atoms with van der Waals surface area (Å²) in [7, 11) is 0. The lowest BCUT2D eigenvalue weighted by molar-refractivity contribution is 0.270. The monoisotopic (exact) mass is 280 g/mol. The molecule has 2 nitrogen and oxygen atoms in total. The smallest absolute Gasteiger partial charge is 0.0753 e. The van der Waals surface area contributed by atoms with Crippen molar-refractivity contribution in [1.82, 2.24) is 10.3 Å². The molecule has 0 aliphatic heterocycles. The zero-order chi connectivity index (χ0) is 14.7. The molecule has 1 N–H and O–H groups in total. The van der Waals surface area contributed by atoms with Crippen LogP contribution in [-0.2, 0) is 0 Å². The van der Waals surface area contributed by atoms with Crippen molar-refractivity contribution in [1.29, 1.82) is 0 Å². The summed E-state index contributed by atoms with van der Waals surface area (Å²) in [4.78, 5) is 4.58. The molecule has 0 radical (unpaired) electrons. The third-order valence-electron chi connectivity index (χ3n) is 4.74. The van der Waals surface area contributed by atoms with Crippen LogP contribution in [0, 0.1) is 5.41 Å². The van der Waals surface area contributed by atoms with Gasteiger partial charge in [0.15, 0.2) is 0 Å². The Kier molecular flexibility index (Phi) is 4.07. The zero-order valence-electron chi connectivity index (χ0n) is 12.9. The van der Waals surface area contributed by atoms with Crippen molar-refractivity contribution in [3.63, 3.8) is 0 Å². The van der Waals surface area contributed by atoms with Gasteiger partial charge in [-0.25, -0.2) is 0 Å². The minimum absolute atomic E-state index is 0.176. The maximum absolute atomic E-state index is 4.58. The lowest BCUT2D eigenvalue weighted by atomic mass is 9.86. The Balaban J connectivity index is 1.90. The van der Waals surface area contributed by atoms with Gasteiger partial charge in [-0.05, 0) is 36.0 Å². The summed E-state index contributed by atoms with van der Waals surface area (Å²) >= 11 is 0. The molecule has 2 atom stereocenters. The number of pyridine rings is 1. The lowest BCUT2D eigenvalue weighted by Gasteiger charge is -2.32. The highest BCUT2D eigenvalue weighted by molar-refractivity contribution is 5.28. The molecule has 0 spiro atoms. The van der Waals surface area contributed by atoms with Gasteiger partial charge in [-0.3, -0.25) is 4.98 Å². The van der Waals surface area contributed by atoms with E-state index in [2.05, 4.69) is 66.6 Å². The lowest BCUT2D eigenvalue weighted by Crippen LogP contribution is -2.40. The standard InChI is InChI=1S/C19H24N2/c1-19(2)13-8-12-17(19)21-18(15-9-4-3-5-10-15)16-11-6-7-14-20-16/h3-7,9-11,14,17-18,21H,8,12-13H2,1-2H3. The number of nitrogens with zero attached hydrogens (tertiary/aromatic N) is 1. The predicted octanol–water partition coefficient (Wildman–Crippen LogP) is 4.34. The first kappa shape index (κ1) is 14.3. The molecule has 1 aliphatic rings. The van der Waals surface area contributed by atoms with E-state index in [0.29, 0.717) is 11.5 Å². The SMILES string of the molecule is CC1(C)CCCC1NC(c1ccccc1)c1ccccn1. The largest absolute Gasteiger partial charge is 0.302 e. The van der Waals surface area contributed by atoms with E-state index in [-0.39, 0.29) is 6.04 Å². The van der Waals surface area contributed by atoms with E-state index in [4.69, 9.17) is 0 Å². The van der Waals surface area contributed by atoms with Gasteiger partial charge in [-0.2, -0.15) is 0 Å². The maximum Gasteiger partial charge on any atom is 0.0753 e. The Morgan fingerprint density at radius 1 is 1.10 bits per heavy atom. The van der Waals surface area contributed by atoms with E-state index in [0.717, 1.165) is 5.69 Å². The van der Waals surface area contributed by atoms with Crippen molar-refractivity contribution in [2.45, 2.75) is 45.2 Å². The Bertz CT molecular complexity index is 523. The predicted molar refractivity (Wildman–Crippen MR) is 87.1 cm³/mol. The Hall–Kier alpha value is -1.67. The van der Waals surface area contributed by atoms with Crippen LogP contribution in [0.25, 0.3) is 0 Å². The Morgan fingerprint density at radius 3 is 2.48 bits per heavy atom. The average molecular weight is 280 g/mol. The van der Waals surface area contributed by atoms with E-state index in [1.807, 2.05) is 12.3 Å². The minimum atomic E-state index is 0.176. The van der Waals surface area contributed by atoms with Crippen molar-refractivity contribution >= 4 is 0 Å². The normalized spacial score (nSPS) is 22.1. The highest BCUT2D eigenvalue weighted by Gasteiger charge is 2.36. The van der Waals surface area contributed by atoms with Crippen LogP contribution in [0.5, 0.6) is 0 Å². The molecule has 1 aromatic heterocycles. The number of hydrogen-bond donors (Lipinski definition) is 1. The van der Waals surface area contributed by atoms with E-state index in [1.165, 1.54) is 24.8 Å². The summed E-state index contributed by atoms with van der Waals surface area (Å²) in [5.74, 6) is 0. The molecule has 1 saturated carbocycles. The molecule has 1 fully saturated rings. The van der Waals surface area contributed by atoms with Gasteiger partial charge in [0.25, 0.3) is 0 Å². The molecule has 21 heavy (non-hydrogen) atoms. The Labute approximate surface area is 127 Å². The van der Waals surface area contributed by atoms with Crippen LogP contribution in [0.1, 0.15) is 50.4 Å². The molecule has 1 aliphatic carbocycles. The van der Waals surface area contributed by atoms with Gasteiger partial charge in [-0.15, -0.1) is 0 Å². The quantitative estimate of drug-likeness (QED) is 0.901. The average Bonchev–Trinajstić information content (AvgIpc) is 2.85. The van der Waals surface area contributed by atoms with Crippen LogP contribution in [0.3, 0.4) is 0 Å². The first-order chi connectivity index (χ1) is 10.2. The Morgan fingerprint density at radius 2 is 1.86 bits per heavy atom. The first-order valence-corrected chi connectivity index (χ1v) is 7.89. The highest BCUT2D eigenvalue weighted by atomic mass is 15.0. The van der Waals surface area contributed by atoms with Crippen LogP contribution < -0.4 is 5.32 Å². The van der Waals surface area contributed by atoms with Gasteiger partial charge >= 0.3 is 0 Å². The van der Waals surface area contributed by atoms with Crippen LogP contribution in [0.2, 0.25) is 0 Å². The molecule has 3 rings (SSSR count). The van der Waals surface area contributed by atoms with Gasteiger partial charge in [0, 0.05) is 12.2 Å². The number of nitrogens with one attached hydrogen (secondary N) is 1. The summed E-state index contributed by atoms with van der Waals surface area (Å²) in [6.07, 6.45) is 5.75. The molecule has 0 amide bonds. The van der Waals surface area contributed by atoms with Crippen LogP contribution in [0.15, 0.2) is 54.7 Å². The van der Waals surface area contributed by atoms with Gasteiger partial charge in [0.2, 0.25) is 0 Å². The van der Waals surface area contributed by atoms with Crippen molar-refractivity contribution in [2.75, 3.05) is 0 Å². The minimum Gasteiger partial charge on any atom is -0.302 e. The molecule has 110 valence electrons. The molecule has 1 heterocycles. The van der Waals surface area contributed by atoms with Gasteiger partial charge < -0.3 is 5.32 Å². The second-order valence-electron chi connectivity index (χ2n) is 6.70. The van der Waals surface area contributed by atoms with E-state index >= 15 is 0 Å². The van der Waals surface area contributed by atoms with Gasteiger partial charge in [-0.1, -0.05) is 56.7 Å². The fraction of sp³-hybridized carbons (Fsp3) is 0.421. The maximum atomic E-state index is 4.58. The van der Waals surface area contributed by atoms with E-state index < -0.39 is 0 Å². The molecule has 1 aromatic carbocycles. The number of hydrogen-bond acceptors (Lipinski definition) is 2. The third kappa shape index (κ3) is 3.16. The van der Waals surface area contributed by atoms with E-state index in [9.17, 15) is 0 Å². The van der Waals surface area contributed by atoms with Crippen molar-refractivity contribution in [2.24, 2.45) is 5.41 Å². The van der Waals surface area contributed by atoms with Crippen LogP contribution in [0.4, 0.5) is 0 Å². The third-order valence-corrected chi connectivity index (χ3v) is 4.74. The molecule has 2 aromatic rings. The summed E-state index contributed by atoms with van der Waals surface area (Å²) in [5, 5.41) is 3.88. The molecule has 2 heteroatoms. The topological polar surface area (TPSA) is 24.9 Å². The molecule has 0 saturated heterocycles. The van der Waals surface area contributed by atoms with Gasteiger partial charge in [0.05, 0.1) is 11.7 Å². The fourth-order valence-corrected chi connectivity index (χ4v) is 3.38. The zero-order valence-corrected chi connectivity index (χ0v) is 12.9. The van der Waals surface area contributed by atoms with Crippen molar-refractivity contribution in [3.8, 4) is 0 Å². The number of benzene rings is 1. The number of aromatic nitrogens is 1. The van der Waals surface area contributed by atoms with Crippen molar-refractivity contribution in [3.05, 3.63) is 66.0 Å². The fourth-order valence-electron chi connectivity index (χ4n) is 3.38. The summed E-state index contributed by atoms with van der Waals surface area (Å²) in [6.45, 7) is 4.75. The molecule has 2 unspecified atom stereocenters. The number of rotatable bonds is 4. The first-order valence-electron chi connectivity index (χ1n) is 7.89. The van der Waals surface area contributed by atoms with Crippen molar-refractivity contribution < 1.29 is 0 Å². The van der Waals surface area contributed by atoms with Crippen LogP contribution >= 0.6 is 0 Å². The van der Waals surface area contributed by atoms with Crippen LogP contribution in [-0.4, -0.2) is 11.0 Å². The summed E-state index contributed by atoms with van der Waals surface area (Å²) in [5.41, 5.74) is 2.76. The highest BCUT2D eigenvalue weighted by Crippen LogP contribution is 2.39. The molecule has 0 bridgehead atoms. The summed E-state index contributed by atoms with van der Waals surface area (Å²) in [6, 6.07) is 17.5. The van der Waals surface area contributed by atoms with E-state index in [1.54, 1.807) is 0 Å².